The summed E-state index contributed by atoms with van der Waals surface area (Å²) in [7, 11) is 0. The van der Waals surface area contributed by atoms with Crippen LogP contribution in [-0.4, -0.2) is 52.9 Å². The number of rotatable bonds is 6. The van der Waals surface area contributed by atoms with E-state index in [4.69, 9.17) is 0 Å². The predicted octanol–water partition coefficient (Wildman–Crippen LogP) is 6.27. The molecule has 5 rings (SSSR count). The van der Waals surface area contributed by atoms with E-state index in [-0.39, 0.29) is 11.7 Å². The van der Waals surface area contributed by atoms with E-state index in [1.807, 2.05) is 47.4 Å². The second-order valence-corrected chi connectivity index (χ2v) is 9.90. The van der Waals surface area contributed by atoms with Gasteiger partial charge in [0.15, 0.2) is 0 Å². The van der Waals surface area contributed by atoms with Gasteiger partial charge in [0.2, 0.25) is 5.91 Å². The average Bonchev–Trinajstić information content (AvgIpc) is 2.96. The summed E-state index contributed by atoms with van der Waals surface area (Å²) >= 11 is 1.32. The molecule has 0 bridgehead atoms. The SMILES string of the molecule is O=C(CSc1ccc(-c2ccc(-c3ccccc3)cc2)nn1)N1CCN(c2cccc(C(F)(F)F)c2)CC1. The lowest BCUT2D eigenvalue weighted by atomic mass is 10.0. The number of hydrogen-bond donors (Lipinski definition) is 0. The monoisotopic (exact) mass is 534 g/mol. The Morgan fingerprint density at radius 3 is 2.11 bits per heavy atom. The van der Waals surface area contributed by atoms with Crippen LogP contribution in [0.25, 0.3) is 22.4 Å². The molecule has 4 aromatic rings. The number of aromatic nitrogens is 2. The Morgan fingerprint density at radius 1 is 0.763 bits per heavy atom. The molecular weight excluding hydrogens is 509 g/mol. The molecule has 0 unspecified atom stereocenters. The van der Waals surface area contributed by atoms with E-state index in [1.165, 1.54) is 17.8 Å². The zero-order valence-electron chi connectivity index (χ0n) is 20.4. The second kappa shape index (κ2) is 11.3. The maximum absolute atomic E-state index is 13.0. The zero-order chi connectivity index (χ0) is 26.5. The molecule has 1 aromatic heterocycles. The molecule has 0 aliphatic carbocycles. The Kier molecular flexibility index (Phi) is 7.64. The molecule has 5 nitrogen and oxygen atoms in total. The number of amides is 1. The Labute approximate surface area is 223 Å². The van der Waals surface area contributed by atoms with Crippen LogP contribution in [0.5, 0.6) is 0 Å². The van der Waals surface area contributed by atoms with Crippen molar-refractivity contribution in [3.8, 4) is 22.4 Å². The molecule has 1 saturated heterocycles. The molecule has 2 heterocycles. The molecule has 1 aliphatic rings. The average molecular weight is 535 g/mol. The third-order valence-electron chi connectivity index (χ3n) is 6.44. The lowest BCUT2D eigenvalue weighted by molar-refractivity contribution is -0.137. The standard InChI is InChI=1S/C29H25F3N4OS/c30-29(31,32)24-7-4-8-25(19-24)35-15-17-36(18-16-35)28(37)20-38-27-14-13-26(33-34-27)23-11-9-22(10-12-23)21-5-2-1-3-6-21/h1-14,19H,15-18,20H2. The summed E-state index contributed by atoms with van der Waals surface area (Å²) < 4.78 is 39.1. The van der Waals surface area contributed by atoms with Gasteiger partial charge in [-0.3, -0.25) is 4.79 Å². The molecule has 9 heteroatoms. The van der Waals surface area contributed by atoms with Crippen LogP contribution in [0.4, 0.5) is 18.9 Å². The van der Waals surface area contributed by atoms with Crippen molar-refractivity contribution in [2.75, 3.05) is 36.8 Å². The normalized spacial score (nSPS) is 14.0. The maximum atomic E-state index is 13.0. The smallest absolute Gasteiger partial charge is 0.368 e. The van der Waals surface area contributed by atoms with Gasteiger partial charge in [0.25, 0.3) is 0 Å². The minimum Gasteiger partial charge on any atom is -0.368 e. The van der Waals surface area contributed by atoms with Gasteiger partial charge in [-0.1, -0.05) is 72.4 Å². The number of alkyl halides is 3. The molecule has 0 N–H and O–H groups in total. The van der Waals surface area contributed by atoms with Crippen molar-refractivity contribution < 1.29 is 18.0 Å². The van der Waals surface area contributed by atoms with Crippen LogP contribution in [0.2, 0.25) is 0 Å². The molecule has 194 valence electrons. The van der Waals surface area contributed by atoms with Crippen molar-refractivity contribution in [2.24, 2.45) is 0 Å². The molecule has 0 spiro atoms. The Morgan fingerprint density at radius 2 is 1.45 bits per heavy atom. The van der Waals surface area contributed by atoms with Crippen LogP contribution in [0.15, 0.2) is 96.0 Å². The Balaban J connectivity index is 1.12. The number of carbonyl (C=O) groups is 1. The highest BCUT2D eigenvalue weighted by atomic mass is 32.2. The first-order valence-corrected chi connectivity index (χ1v) is 13.2. The Hall–Kier alpha value is -3.85. The largest absolute Gasteiger partial charge is 0.416 e. The fourth-order valence-corrected chi connectivity index (χ4v) is 5.05. The molecule has 0 atom stereocenters. The van der Waals surface area contributed by atoms with Gasteiger partial charge < -0.3 is 9.80 Å². The highest BCUT2D eigenvalue weighted by Crippen LogP contribution is 2.32. The summed E-state index contributed by atoms with van der Waals surface area (Å²) in [5.74, 6) is 0.199. The molecule has 3 aromatic carbocycles. The van der Waals surface area contributed by atoms with Crippen LogP contribution in [-0.2, 0) is 11.0 Å². The molecule has 0 saturated carbocycles. The van der Waals surface area contributed by atoms with Crippen LogP contribution in [0.3, 0.4) is 0 Å². The van der Waals surface area contributed by atoms with E-state index >= 15 is 0 Å². The van der Waals surface area contributed by atoms with E-state index in [0.29, 0.717) is 36.9 Å². The summed E-state index contributed by atoms with van der Waals surface area (Å²) in [6, 6.07) is 27.4. The van der Waals surface area contributed by atoms with E-state index in [0.717, 1.165) is 34.5 Å². The number of hydrogen-bond acceptors (Lipinski definition) is 5. The van der Waals surface area contributed by atoms with Crippen molar-refractivity contribution in [3.63, 3.8) is 0 Å². The van der Waals surface area contributed by atoms with Gasteiger partial charge in [0, 0.05) is 37.4 Å². The predicted molar refractivity (Wildman–Crippen MR) is 144 cm³/mol. The van der Waals surface area contributed by atoms with Crippen molar-refractivity contribution in [3.05, 3.63) is 96.6 Å². The van der Waals surface area contributed by atoms with E-state index in [2.05, 4.69) is 34.5 Å². The number of halogens is 3. The molecule has 1 aliphatic heterocycles. The highest BCUT2D eigenvalue weighted by Gasteiger charge is 2.31. The highest BCUT2D eigenvalue weighted by molar-refractivity contribution is 7.99. The second-order valence-electron chi connectivity index (χ2n) is 8.90. The van der Waals surface area contributed by atoms with Crippen molar-refractivity contribution in [2.45, 2.75) is 11.2 Å². The van der Waals surface area contributed by atoms with Gasteiger partial charge in [0.1, 0.15) is 5.03 Å². The fourth-order valence-electron chi connectivity index (χ4n) is 4.33. The molecule has 1 amide bonds. The minimum atomic E-state index is -4.38. The first kappa shape index (κ1) is 25.8. The number of anilines is 1. The van der Waals surface area contributed by atoms with Gasteiger partial charge in [-0.2, -0.15) is 13.2 Å². The van der Waals surface area contributed by atoms with Crippen LogP contribution < -0.4 is 4.90 Å². The van der Waals surface area contributed by atoms with E-state index in [1.54, 1.807) is 11.0 Å². The maximum Gasteiger partial charge on any atom is 0.416 e. The van der Waals surface area contributed by atoms with Crippen molar-refractivity contribution in [1.82, 2.24) is 15.1 Å². The third kappa shape index (κ3) is 6.16. The first-order valence-electron chi connectivity index (χ1n) is 12.2. The summed E-state index contributed by atoms with van der Waals surface area (Å²) in [6.07, 6.45) is -4.38. The number of piperazine rings is 1. The van der Waals surface area contributed by atoms with Gasteiger partial charge in [-0.25, -0.2) is 0 Å². The van der Waals surface area contributed by atoms with Crippen LogP contribution >= 0.6 is 11.8 Å². The number of benzene rings is 3. The molecule has 1 fully saturated rings. The third-order valence-corrected chi connectivity index (χ3v) is 7.35. The lowest BCUT2D eigenvalue weighted by Gasteiger charge is -2.36. The van der Waals surface area contributed by atoms with Gasteiger partial charge in [-0.05, 0) is 41.5 Å². The van der Waals surface area contributed by atoms with Crippen molar-refractivity contribution in [1.29, 1.82) is 0 Å². The van der Waals surface area contributed by atoms with E-state index in [9.17, 15) is 18.0 Å². The summed E-state index contributed by atoms with van der Waals surface area (Å²) in [4.78, 5) is 16.3. The number of carbonyl (C=O) groups excluding carboxylic acids is 1. The topological polar surface area (TPSA) is 49.3 Å². The lowest BCUT2D eigenvalue weighted by Crippen LogP contribution is -2.49. The van der Waals surface area contributed by atoms with E-state index < -0.39 is 11.7 Å². The van der Waals surface area contributed by atoms with Gasteiger partial charge in [0.05, 0.1) is 17.0 Å². The summed E-state index contributed by atoms with van der Waals surface area (Å²) in [5.41, 5.74) is 3.85. The van der Waals surface area contributed by atoms with Crippen LogP contribution in [0, 0.1) is 0 Å². The van der Waals surface area contributed by atoms with Crippen molar-refractivity contribution >= 4 is 23.4 Å². The first-order chi connectivity index (χ1) is 18.4. The minimum absolute atomic E-state index is 0.0268. The van der Waals surface area contributed by atoms with Crippen LogP contribution in [0.1, 0.15) is 5.56 Å². The zero-order valence-corrected chi connectivity index (χ0v) is 21.3. The van der Waals surface area contributed by atoms with Gasteiger partial charge in [-0.15, -0.1) is 10.2 Å². The van der Waals surface area contributed by atoms with Gasteiger partial charge >= 0.3 is 6.18 Å². The fraction of sp³-hybridized carbons (Fsp3) is 0.207. The number of nitrogens with zero attached hydrogens (tertiary/aromatic N) is 4. The molecule has 0 radical (unpaired) electrons. The Bertz CT molecular complexity index is 1370. The number of thioether (sulfide) groups is 1. The molecule has 38 heavy (non-hydrogen) atoms. The quantitative estimate of drug-likeness (QED) is 0.273. The summed E-state index contributed by atoms with van der Waals surface area (Å²) in [6.45, 7) is 1.88. The molecular formula is C29H25F3N4OS. The summed E-state index contributed by atoms with van der Waals surface area (Å²) in [5, 5.41) is 9.26.